The van der Waals surface area contributed by atoms with Gasteiger partial charge in [0.15, 0.2) is 0 Å². The van der Waals surface area contributed by atoms with Crippen molar-refractivity contribution in [2.45, 2.75) is 24.5 Å². The van der Waals surface area contributed by atoms with E-state index in [0.29, 0.717) is 0 Å². The minimum absolute atomic E-state index is 0.406. The van der Waals surface area contributed by atoms with Gasteiger partial charge in [-0.05, 0) is 0 Å². The van der Waals surface area contributed by atoms with Crippen molar-refractivity contribution >= 4 is 24.3 Å². The summed E-state index contributed by atoms with van der Waals surface area (Å²) in [6.07, 6.45) is 0. The van der Waals surface area contributed by atoms with Crippen molar-refractivity contribution < 1.29 is 17.3 Å². The predicted molar refractivity (Wildman–Crippen MR) is 38.1 cm³/mol. The van der Waals surface area contributed by atoms with Gasteiger partial charge in [0.25, 0.3) is 0 Å². The number of carbonyl (C=O) groups excluding carboxylic acids is 2. The second-order valence-corrected chi connectivity index (χ2v) is 6.77. The van der Waals surface area contributed by atoms with Gasteiger partial charge in [0.1, 0.15) is 0 Å². The first-order valence-electron chi connectivity index (χ1n) is 3.03. The van der Waals surface area contributed by atoms with Crippen LogP contribution in [-0.2, 0) is 17.3 Å². The number of Topliss-reactive ketones (excluding diaryl/α,β-unsaturated/α-hetero) is 2. The van der Waals surface area contributed by atoms with Gasteiger partial charge in [-0.2, -0.15) is 0 Å². The molecule has 0 heterocycles. The van der Waals surface area contributed by atoms with E-state index < -0.39 is 34.9 Å². The molecule has 0 N–H and O–H groups in total. The molecule has 5 heteroatoms. The number of hydrogen-bond acceptors (Lipinski definition) is 4. The Bertz CT molecular complexity index is 240. The van der Waals surface area contributed by atoms with E-state index >= 15 is 0 Å². The fourth-order valence-corrected chi connectivity index (χ4v) is 3.48. The number of carbonyl (C=O) groups is 2. The maximum atomic E-state index is 10.9. The van der Waals surface area contributed by atoms with Crippen LogP contribution in [0.1, 0.15) is 13.8 Å². The molecule has 0 aromatic carbocycles. The van der Waals surface area contributed by atoms with Crippen molar-refractivity contribution in [1.82, 2.24) is 0 Å². The first kappa shape index (κ1) is 10.5. The Kier molecular flexibility index (Phi) is 3.55. The first-order valence-corrected chi connectivity index (χ1v) is 6.85. The third-order valence-electron chi connectivity index (χ3n) is 0.846. The zero-order valence-corrected chi connectivity index (χ0v) is 8.17. The molecule has 0 aromatic rings. The van der Waals surface area contributed by atoms with Crippen LogP contribution in [0.2, 0.25) is 10.6 Å². The first-order chi connectivity index (χ1) is 4.83. The molecule has 4 nitrogen and oxygen atoms in total. The van der Waals surface area contributed by atoms with Crippen LogP contribution in [0.5, 0.6) is 0 Å². The molecule has 0 bridgehead atoms. The van der Waals surface area contributed by atoms with Crippen molar-refractivity contribution in [3.05, 3.63) is 0 Å². The molecule has 0 saturated carbocycles. The van der Waals surface area contributed by atoms with E-state index in [4.69, 9.17) is 0 Å². The summed E-state index contributed by atoms with van der Waals surface area (Å²) in [5.74, 6) is -0.812. The monoisotopic (exact) mass is 226 g/mol. The van der Waals surface area contributed by atoms with Crippen LogP contribution >= 0.6 is 0 Å². The van der Waals surface area contributed by atoms with Gasteiger partial charge in [-0.25, -0.2) is 0 Å². The SMILES string of the molecule is CC(=O)C[Se](=O)(=O)CC(C)=O. The number of hydrogen-bond donors (Lipinski definition) is 0. The van der Waals surface area contributed by atoms with E-state index in [1.165, 1.54) is 13.8 Å². The molecular weight excluding hydrogens is 215 g/mol. The Morgan fingerprint density at radius 3 is 1.45 bits per heavy atom. The van der Waals surface area contributed by atoms with E-state index in [1.807, 2.05) is 0 Å². The summed E-state index contributed by atoms with van der Waals surface area (Å²) in [7, 11) is 0. The molecule has 0 fully saturated rings. The fraction of sp³-hybridized carbons (Fsp3) is 0.667. The topological polar surface area (TPSA) is 68.3 Å². The third kappa shape index (κ3) is 5.88. The van der Waals surface area contributed by atoms with Gasteiger partial charge >= 0.3 is 66.0 Å². The van der Waals surface area contributed by atoms with Crippen molar-refractivity contribution in [2.24, 2.45) is 0 Å². The van der Waals surface area contributed by atoms with Crippen LogP contribution in [0.3, 0.4) is 0 Å². The van der Waals surface area contributed by atoms with E-state index in [2.05, 4.69) is 0 Å². The summed E-state index contributed by atoms with van der Waals surface area (Å²) >= 11 is -4.20. The van der Waals surface area contributed by atoms with Gasteiger partial charge in [0.05, 0.1) is 0 Å². The Labute approximate surface area is 66.6 Å². The molecule has 0 rings (SSSR count). The normalized spacial score (nSPS) is 11.1. The second kappa shape index (κ2) is 3.74. The summed E-state index contributed by atoms with van der Waals surface area (Å²) in [6.45, 7) is 2.39. The molecule has 0 amide bonds. The standard InChI is InChI=1S/C6H10O4Se/c1-5(7)3-11(9,10)4-6(2)8/h3-4H2,1-2H3. The van der Waals surface area contributed by atoms with Gasteiger partial charge in [0.2, 0.25) is 0 Å². The minimum atomic E-state index is -4.20. The molecule has 0 atom stereocenters. The van der Waals surface area contributed by atoms with E-state index in [1.54, 1.807) is 0 Å². The quantitative estimate of drug-likeness (QED) is 0.652. The molecule has 0 saturated heterocycles. The van der Waals surface area contributed by atoms with Crippen LogP contribution in [0.25, 0.3) is 0 Å². The zero-order chi connectivity index (χ0) is 9.07. The Morgan fingerprint density at radius 2 is 1.27 bits per heavy atom. The van der Waals surface area contributed by atoms with Crippen LogP contribution in [-0.4, -0.2) is 24.3 Å². The Hall–Kier alpha value is -0.541. The Balaban J connectivity index is 4.25. The third-order valence-corrected chi connectivity index (χ3v) is 4.40. The molecule has 0 spiro atoms. The molecular formula is C6H10O4Se. The number of rotatable bonds is 4. The Morgan fingerprint density at radius 1 is 1.00 bits per heavy atom. The summed E-state index contributed by atoms with van der Waals surface area (Å²) in [6, 6.07) is 0. The zero-order valence-electron chi connectivity index (χ0n) is 6.46. The van der Waals surface area contributed by atoms with E-state index in [-0.39, 0.29) is 0 Å². The molecule has 0 aromatic heterocycles. The molecule has 11 heavy (non-hydrogen) atoms. The summed E-state index contributed by atoms with van der Waals surface area (Å²) in [5, 5.41) is -0.924. The van der Waals surface area contributed by atoms with Gasteiger partial charge in [0, 0.05) is 0 Å². The van der Waals surface area contributed by atoms with Crippen LogP contribution < -0.4 is 0 Å². The van der Waals surface area contributed by atoms with Gasteiger partial charge in [-0.3, -0.25) is 0 Å². The van der Waals surface area contributed by atoms with E-state index in [0.717, 1.165) is 0 Å². The fourth-order valence-electron chi connectivity index (χ4n) is 0.670. The van der Waals surface area contributed by atoms with Gasteiger partial charge in [-0.1, -0.05) is 0 Å². The molecule has 0 radical (unpaired) electrons. The van der Waals surface area contributed by atoms with E-state index in [9.17, 15) is 17.3 Å². The molecule has 0 aliphatic carbocycles. The second-order valence-electron chi connectivity index (χ2n) is 2.44. The molecule has 0 aliphatic rings. The van der Waals surface area contributed by atoms with Gasteiger partial charge in [-0.15, -0.1) is 0 Å². The van der Waals surface area contributed by atoms with Crippen LogP contribution in [0.15, 0.2) is 0 Å². The van der Waals surface area contributed by atoms with Crippen molar-refractivity contribution in [3.63, 3.8) is 0 Å². The average molecular weight is 225 g/mol. The van der Waals surface area contributed by atoms with Crippen LogP contribution in [0.4, 0.5) is 0 Å². The molecule has 64 valence electrons. The van der Waals surface area contributed by atoms with Crippen molar-refractivity contribution in [3.8, 4) is 0 Å². The maximum absolute atomic E-state index is 10.9. The molecule has 0 unspecified atom stereocenters. The molecule has 0 aliphatic heterocycles. The van der Waals surface area contributed by atoms with Gasteiger partial charge < -0.3 is 0 Å². The predicted octanol–water partition coefficient (Wildman–Crippen LogP) is 0.468. The number of ketones is 2. The summed E-state index contributed by atoms with van der Waals surface area (Å²) in [4.78, 5) is 20.7. The van der Waals surface area contributed by atoms with Crippen LogP contribution in [0, 0.1) is 0 Å². The average Bonchev–Trinajstić information content (AvgIpc) is 1.53. The van der Waals surface area contributed by atoms with Crippen molar-refractivity contribution in [1.29, 1.82) is 0 Å². The summed E-state index contributed by atoms with van der Waals surface area (Å²) in [5.41, 5.74) is 0. The van der Waals surface area contributed by atoms with Crippen molar-refractivity contribution in [2.75, 3.05) is 0 Å². The summed E-state index contributed by atoms with van der Waals surface area (Å²) < 4.78 is 21.8.